The molecule has 0 saturated carbocycles. The minimum absolute atomic E-state index is 0.0103. The first-order chi connectivity index (χ1) is 12.5. The number of rotatable bonds is 3. The Bertz CT molecular complexity index is 838. The molecule has 0 radical (unpaired) electrons. The molecule has 1 saturated heterocycles. The summed E-state index contributed by atoms with van der Waals surface area (Å²) < 4.78 is 0. The van der Waals surface area contributed by atoms with Gasteiger partial charge in [-0.05, 0) is 55.2 Å². The van der Waals surface area contributed by atoms with Gasteiger partial charge in [0, 0.05) is 29.9 Å². The molecule has 136 valence electrons. The maximum absolute atomic E-state index is 12.9. The van der Waals surface area contributed by atoms with Gasteiger partial charge >= 0.3 is 6.03 Å². The van der Waals surface area contributed by atoms with Gasteiger partial charge in [0.2, 0.25) is 0 Å². The summed E-state index contributed by atoms with van der Waals surface area (Å²) in [6.07, 6.45) is 1.85. The molecule has 3 rings (SSSR count). The highest BCUT2D eigenvalue weighted by molar-refractivity contribution is 6.30. The lowest BCUT2D eigenvalue weighted by Crippen LogP contribution is -2.34. The van der Waals surface area contributed by atoms with Crippen LogP contribution in [-0.4, -0.2) is 30.4 Å². The molecule has 0 aromatic heterocycles. The molecule has 2 aromatic rings. The van der Waals surface area contributed by atoms with E-state index in [4.69, 9.17) is 11.6 Å². The Morgan fingerprint density at radius 3 is 2.69 bits per heavy atom. The SMILES string of the molecule is CNC(=O)c1cccc(NC(=O)N2CCCC2c2cccc(Cl)c2)c1C. The maximum Gasteiger partial charge on any atom is 0.322 e. The van der Waals surface area contributed by atoms with E-state index in [0.717, 1.165) is 24.0 Å². The van der Waals surface area contributed by atoms with Crippen LogP contribution in [0.1, 0.15) is 40.4 Å². The van der Waals surface area contributed by atoms with E-state index in [0.29, 0.717) is 22.8 Å². The van der Waals surface area contributed by atoms with E-state index in [1.807, 2.05) is 42.2 Å². The van der Waals surface area contributed by atoms with Gasteiger partial charge in [-0.25, -0.2) is 4.79 Å². The summed E-state index contributed by atoms with van der Waals surface area (Å²) in [5, 5.41) is 6.25. The fraction of sp³-hybridized carbons (Fsp3) is 0.300. The van der Waals surface area contributed by atoms with Gasteiger partial charge in [-0.15, -0.1) is 0 Å². The molecular formula is C20H22ClN3O2. The van der Waals surface area contributed by atoms with Crippen molar-refractivity contribution >= 4 is 29.2 Å². The third kappa shape index (κ3) is 3.68. The zero-order chi connectivity index (χ0) is 18.7. The first-order valence-electron chi connectivity index (χ1n) is 8.66. The van der Waals surface area contributed by atoms with Crippen molar-refractivity contribution in [2.75, 3.05) is 18.9 Å². The average molecular weight is 372 g/mol. The Kier molecular flexibility index (Phi) is 5.47. The monoisotopic (exact) mass is 371 g/mol. The van der Waals surface area contributed by atoms with E-state index in [1.165, 1.54) is 0 Å². The van der Waals surface area contributed by atoms with Crippen molar-refractivity contribution in [3.05, 3.63) is 64.2 Å². The molecule has 0 aliphatic carbocycles. The van der Waals surface area contributed by atoms with Crippen LogP contribution in [0.2, 0.25) is 5.02 Å². The Labute approximate surface area is 158 Å². The molecule has 1 unspecified atom stereocenters. The number of hydrogen-bond acceptors (Lipinski definition) is 2. The van der Waals surface area contributed by atoms with Crippen LogP contribution in [0.25, 0.3) is 0 Å². The minimum Gasteiger partial charge on any atom is -0.355 e. The van der Waals surface area contributed by atoms with Crippen molar-refractivity contribution in [2.45, 2.75) is 25.8 Å². The summed E-state index contributed by atoms with van der Waals surface area (Å²) in [5.41, 5.74) is 2.99. The number of hydrogen-bond donors (Lipinski definition) is 2. The van der Waals surface area contributed by atoms with Crippen LogP contribution in [0.5, 0.6) is 0 Å². The zero-order valence-electron chi connectivity index (χ0n) is 14.9. The summed E-state index contributed by atoms with van der Waals surface area (Å²) >= 11 is 6.10. The molecule has 1 atom stereocenters. The van der Waals surface area contributed by atoms with Gasteiger partial charge < -0.3 is 15.5 Å². The number of nitrogens with zero attached hydrogens (tertiary/aromatic N) is 1. The topological polar surface area (TPSA) is 61.4 Å². The van der Waals surface area contributed by atoms with E-state index in [1.54, 1.807) is 19.2 Å². The quantitative estimate of drug-likeness (QED) is 0.841. The second-order valence-electron chi connectivity index (χ2n) is 6.39. The Hall–Kier alpha value is -2.53. The molecule has 0 spiro atoms. The van der Waals surface area contributed by atoms with E-state index in [-0.39, 0.29) is 18.0 Å². The average Bonchev–Trinajstić information content (AvgIpc) is 3.13. The summed E-state index contributed by atoms with van der Waals surface area (Å²) in [6.45, 7) is 2.52. The predicted molar refractivity (Wildman–Crippen MR) is 104 cm³/mol. The van der Waals surface area contributed by atoms with Crippen LogP contribution in [0.3, 0.4) is 0 Å². The first-order valence-corrected chi connectivity index (χ1v) is 9.04. The highest BCUT2D eigenvalue weighted by Gasteiger charge is 2.30. The fourth-order valence-corrected chi connectivity index (χ4v) is 3.61. The molecule has 1 aliphatic heterocycles. The fourth-order valence-electron chi connectivity index (χ4n) is 3.41. The van der Waals surface area contributed by atoms with Gasteiger partial charge in [0.1, 0.15) is 0 Å². The summed E-state index contributed by atoms with van der Waals surface area (Å²) in [7, 11) is 1.59. The smallest absolute Gasteiger partial charge is 0.322 e. The lowest BCUT2D eigenvalue weighted by molar-refractivity contribution is 0.0962. The summed E-state index contributed by atoms with van der Waals surface area (Å²) in [4.78, 5) is 26.6. The predicted octanol–water partition coefficient (Wildman–Crippen LogP) is 4.38. The van der Waals surface area contributed by atoms with Crippen LogP contribution >= 0.6 is 11.6 Å². The number of urea groups is 1. The number of carbonyl (C=O) groups is 2. The molecule has 3 amide bonds. The third-order valence-electron chi connectivity index (χ3n) is 4.79. The van der Waals surface area contributed by atoms with Crippen molar-refractivity contribution in [1.82, 2.24) is 10.2 Å². The molecule has 1 heterocycles. The molecule has 2 aromatic carbocycles. The van der Waals surface area contributed by atoms with E-state index < -0.39 is 0 Å². The molecule has 1 fully saturated rings. The number of nitrogens with one attached hydrogen (secondary N) is 2. The third-order valence-corrected chi connectivity index (χ3v) is 5.03. The maximum atomic E-state index is 12.9. The van der Waals surface area contributed by atoms with Crippen LogP contribution in [0, 0.1) is 6.92 Å². The Morgan fingerprint density at radius 2 is 1.96 bits per heavy atom. The van der Waals surface area contributed by atoms with Crippen molar-refractivity contribution < 1.29 is 9.59 Å². The normalized spacial score (nSPS) is 16.4. The van der Waals surface area contributed by atoms with E-state index in [9.17, 15) is 9.59 Å². The Balaban J connectivity index is 1.80. The van der Waals surface area contributed by atoms with Crippen molar-refractivity contribution in [3.63, 3.8) is 0 Å². The second-order valence-corrected chi connectivity index (χ2v) is 6.83. The lowest BCUT2D eigenvalue weighted by Gasteiger charge is -2.26. The van der Waals surface area contributed by atoms with Crippen molar-refractivity contribution in [3.8, 4) is 0 Å². The van der Waals surface area contributed by atoms with Crippen LogP contribution < -0.4 is 10.6 Å². The van der Waals surface area contributed by atoms with Crippen molar-refractivity contribution in [1.29, 1.82) is 0 Å². The van der Waals surface area contributed by atoms with Gasteiger partial charge in [-0.1, -0.05) is 29.8 Å². The summed E-state index contributed by atoms with van der Waals surface area (Å²) in [5.74, 6) is -0.170. The molecule has 1 aliphatic rings. The number of anilines is 1. The second kappa shape index (κ2) is 7.79. The lowest BCUT2D eigenvalue weighted by atomic mass is 10.0. The van der Waals surface area contributed by atoms with Gasteiger partial charge in [-0.2, -0.15) is 0 Å². The van der Waals surface area contributed by atoms with Gasteiger partial charge in [0.25, 0.3) is 5.91 Å². The molecule has 2 N–H and O–H groups in total. The zero-order valence-corrected chi connectivity index (χ0v) is 15.6. The number of likely N-dealkylation sites (tertiary alicyclic amines) is 1. The molecule has 26 heavy (non-hydrogen) atoms. The molecule has 6 heteroatoms. The summed E-state index contributed by atoms with van der Waals surface area (Å²) in [6, 6.07) is 12.8. The number of halogens is 1. The molecule has 5 nitrogen and oxygen atoms in total. The van der Waals surface area contributed by atoms with Crippen molar-refractivity contribution in [2.24, 2.45) is 0 Å². The number of carbonyl (C=O) groups excluding carboxylic acids is 2. The largest absolute Gasteiger partial charge is 0.355 e. The van der Waals surface area contributed by atoms with Gasteiger partial charge in [0.05, 0.1) is 6.04 Å². The van der Waals surface area contributed by atoms with E-state index >= 15 is 0 Å². The van der Waals surface area contributed by atoms with Crippen LogP contribution in [-0.2, 0) is 0 Å². The van der Waals surface area contributed by atoms with Crippen LogP contribution in [0.15, 0.2) is 42.5 Å². The van der Waals surface area contributed by atoms with Gasteiger partial charge in [0.15, 0.2) is 0 Å². The number of amides is 3. The van der Waals surface area contributed by atoms with E-state index in [2.05, 4.69) is 10.6 Å². The first kappa shape index (κ1) is 18.3. The molecule has 0 bridgehead atoms. The standard InChI is InChI=1S/C20H22ClN3O2/c1-13-16(19(25)22-2)8-4-9-17(13)23-20(26)24-11-5-10-18(24)14-6-3-7-15(21)12-14/h3-4,6-9,12,18H,5,10-11H2,1-2H3,(H,22,25)(H,23,26). The number of benzene rings is 2. The Morgan fingerprint density at radius 1 is 1.19 bits per heavy atom. The highest BCUT2D eigenvalue weighted by atomic mass is 35.5. The minimum atomic E-state index is -0.170. The highest BCUT2D eigenvalue weighted by Crippen LogP contribution is 2.33. The van der Waals surface area contributed by atoms with Gasteiger partial charge in [-0.3, -0.25) is 4.79 Å². The molecular weight excluding hydrogens is 350 g/mol. The van der Waals surface area contributed by atoms with Crippen LogP contribution in [0.4, 0.5) is 10.5 Å².